The largest absolute Gasteiger partial charge is 0.376 e. The van der Waals surface area contributed by atoms with Crippen molar-refractivity contribution in [3.63, 3.8) is 0 Å². The fourth-order valence-corrected chi connectivity index (χ4v) is 2.20. The Bertz CT molecular complexity index is 671. The van der Waals surface area contributed by atoms with E-state index in [2.05, 4.69) is 31.9 Å². The number of halogens is 1. The predicted molar refractivity (Wildman–Crippen MR) is 92.0 cm³/mol. The molecule has 2 aromatic rings. The van der Waals surface area contributed by atoms with Crippen LogP contribution in [0.5, 0.6) is 0 Å². The van der Waals surface area contributed by atoms with Gasteiger partial charge in [0.15, 0.2) is 0 Å². The van der Waals surface area contributed by atoms with E-state index in [0.717, 1.165) is 21.5 Å². The minimum absolute atomic E-state index is 0.117. The van der Waals surface area contributed by atoms with Gasteiger partial charge in [-0.1, -0.05) is 12.1 Å². The van der Waals surface area contributed by atoms with Gasteiger partial charge in [-0.2, -0.15) is 0 Å². The van der Waals surface area contributed by atoms with Gasteiger partial charge in [-0.05, 0) is 52.3 Å². The summed E-state index contributed by atoms with van der Waals surface area (Å²) in [4.78, 5) is 22.8. The minimum Gasteiger partial charge on any atom is -0.376 e. The van der Waals surface area contributed by atoms with Gasteiger partial charge in [0.25, 0.3) is 0 Å². The number of hydrogen-bond donors (Lipinski definition) is 3. The zero-order valence-electron chi connectivity index (χ0n) is 12.0. The molecule has 0 aromatic heterocycles. The van der Waals surface area contributed by atoms with Crippen LogP contribution in [-0.2, 0) is 9.59 Å². The number of anilines is 3. The molecule has 6 heteroatoms. The molecule has 0 heterocycles. The second-order valence-electron chi connectivity index (χ2n) is 4.64. The number of carbonyl (C=O) groups is 2. The highest BCUT2D eigenvalue weighted by Crippen LogP contribution is 2.21. The van der Waals surface area contributed by atoms with Crippen molar-refractivity contribution in [1.82, 2.24) is 0 Å². The monoisotopic (exact) mass is 361 g/mol. The molecule has 0 aliphatic heterocycles. The molecule has 0 aliphatic rings. The van der Waals surface area contributed by atoms with Crippen LogP contribution < -0.4 is 16.0 Å². The average molecular weight is 362 g/mol. The first-order valence-corrected chi connectivity index (χ1v) is 7.50. The Morgan fingerprint density at radius 3 is 2.23 bits per heavy atom. The number of para-hydroxylation sites is 1. The molecule has 0 saturated carbocycles. The van der Waals surface area contributed by atoms with Gasteiger partial charge in [-0.25, -0.2) is 0 Å². The topological polar surface area (TPSA) is 70.2 Å². The number of nitrogens with one attached hydrogen (secondary N) is 3. The summed E-state index contributed by atoms with van der Waals surface area (Å²) in [6.45, 7) is 1.61. The maximum atomic E-state index is 11.9. The standard InChI is InChI=1S/C16H16BrN3O2/c1-11(21)19-13-8-6-12(7-9-13)18-10-16(22)20-15-5-3-2-4-14(15)17/h2-9,18H,10H2,1H3,(H,19,21)(H,20,22). The molecular weight excluding hydrogens is 346 g/mol. The van der Waals surface area contributed by atoms with Crippen LogP contribution in [0.1, 0.15) is 6.92 Å². The third-order valence-electron chi connectivity index (χ3n) is 2.81. The summed E-state index contributed by atoms with van der Waals surface area (Å²) < 4.78 is 0.836. The second-order valence-corrected chi connectivity index (χ2v) is 5.49. The van der Waals surface area contributed by atoms with Gasteiger partial charge in [0, 0.05) is 22.8 Å². The maximum absolute atomic E-state index is 11.9. The summed E-state index contributed by atoms with van der Waals surface area (Å²) in [5.41, 5.74) is 2.25. The molecule has 0 saturated heterocycles. The van der Waals surface area contributed by atoms with Crippen molar-refractivity contribution in [3.8, 4) is 0 Å². The van der Waals surface area contributed by atoms with E-state index in [0.29, 0.717) is 0 Å². The van der Waals surface area contributed by atoms with Crippen LogP contribution in [0, 0.1) is 0 Å². The van der Waals surface area contributed by atoms with Crippen LogP contribution >= 0.6 is 15.9 Å². The van der Waals surface area contributed by atoms with Crippen LogP contribution in [0.15, 0.2) is 53.0 Å². The molecule has 0 unspecified atom stereocenters. The van der Waals surface area contributed by atoms with Crippen molar-refractivity contribution >= 4 is 44.8 Å². The van der Waals surface area contributed by atoms with Gasteiger partial charge in [-0.3, -0.25) is 9.59 Å². The van der Waals surface area contributed by atoms with Crippen molar-refractivity contribution in [1.29, 1.82) is 0 Å². The molecule has 2 rings (SSSR count). The lowest BCUT2D eigenvalue weighted by atomic mass is 10.2. The van der Waals surface area contributed by atoms with Gasteiger partial charge in [0.05, 0.1) is 12.2 Å². The molecule has 114 valence electrons. The number of amides is 2. The lowest BCUT2D eigenvalue weighted by Gasteiger charge is -2.09. The molecule has 2 amide bonds. The maximum Gasteiger partial charge on any atom is 0.243 e. The summed E-state index contributed by atoms with van der Waals surface area (Å²) in [5, 5.41) is 8.52. The van der Waals surface area contributed by atoms with Crippen LogP contribution in [0.3, 0.4) is 0 Å². The lowest BCUT2D eigenvalue weighted by Crippen LogP contribution is -2.21. The number of hydrogen-bond acceptors (Lipinski definition) is 3. The molecule has 0 spiro atoms. The third-order valence-corrected chi connectivity index (χ3v) is 3.50. The van der Waals surface area contributed by atoms with E-state index < -0.39 is 0 Å². The van der Waals surface area contributed by atoms with Gasteiger partial charge in [0.1, 0.15) is 0 Å². The highest BCUT2D eigenvalue weighted by Gasteiger charge is 2.05. The Kier molecular flexibility index (Phi) is 5.55. The van der Waals surface area contributed by atoms with Gasteiger partial charge in [-0.15, -0.1) is 0 Å². The van der Waals surface area contributed by atoms with E-state index in [4.69, 9.17) is 0 Å². The summed E-state index contributed by atoms with van der Waals surface area (Å²) in [7, 11) is 0. The zero-order chi connectivity index (χ0) is 15.9. The molecule has 22 heavy (non-hydrogen) atoms. The van der Waals surface area contributed by atoms with Gasteiger partial charge >= 0.3 is 0 Å². The zero-order valence-corrected chi connectivity index (χ0v) is 13.6. The second kappa shape index (κ2) is 7.61. The van der Waals surface area contributed by atoms with Crippen molar-refractivity contribution in [2.24, 2.45) is 0 Å². The van der Waals surface area contributed by atoms with Gasteiger partial charge in [0.2, 0.25) is 11.8 Å². The Labute approximate surface area is 137 Å². The number of rotatable bonds is 5. The van der Waals surface area contributed by atoms with E-state index in [9.17, 15) is 9.59 Å². The third kappa shape index (κ3) is 4.89. The minimum atomic E-state index is -0.141. The van der Waals surface area contributed by atoms with Crippen LogP contribution in [-0.4, -0.2) is 18.4 Å². The average Bonchev–Trinajstić information content (AvgIpc) is 2.48. The summed E-state index contributed by atoms with van der Waals surface area (Å²) in [6, 6.07) is 14.6. The SMILES string of the molecule is CC(=O)Nc1ccc(NCC(=O)Nc2ccccc2Br)cc1. The van der Waals surface area contributed by atoms with E-state index >= 15 is 0 Å². The number of benzene rings is 2. The first-order chi connectivity index (χ1) is 10.5. The highest BCUT2D eigenvalue weighted by atomic mass is 79.9. The highest BCUT2D eigenvalue weighted by molar-refractivity contribution is 9.10. The lowest BCUT2D eigenvalue weighted by molar-refractivity contribution is -0.115. The predicted octanol–water partition coefficient (Wildman–Crippen LogP) is 3.46. The molecule has 0 atom stereocenters. The molecule has 5 nitrogen and oxygen atoms in total. The van der Waals surface area contributed by atoms with Crippen molar-refractivity contribution in [2.45, 2.75) is 6.92 Å². The fourth-order valence-electron chi connectivity index (χ4n) is 1.81. The normalized spacial score (nSPS) is 9.91. The molecule has 0 aliphatic carbocycles. The molecule has 0 fully saturated rings. The smallest absolute Gasteiger partial charge is 0.243 e. The van der Waals surface area contributed by atoms with Crippen LogP contribution in [0.2, 0.25) is 0 Å². The van der Waals surface area contributed by atoms with E-state index in [1.165, 1.54) is 6.92 Å². The molecule has 2 aromatic carbocycles. The molecule has 0 radical (unpaired) electrons. The quantitative estimate of drug-likeness (QED) is 0.763. The van der Waals surface area contributed by atoms with Crippen molar-refractivity contribution in [3.05, 3.63) is 53.0 Å². The Morgan fingerprint density at radius 1 is 0.955 bits per heavy atom. The Hall–Kier alpha value is -2.34. The van der Waals surface area contributed by atoms with Gasteiger partial charge < -0.3 is 16.0 Å². The van der Waals surface area contributed by atoms with E-state index in [-0.39, 0.29) is 18.4 Å². The van der Waals surface area contributed by atoms with Crippen LogP contribution in [0.25, 0.3) is 0 Å². The fraction of sp³-hybridized carbons (Fsp3) is 0.125. The Morgan fingerprint density at radius 2 is 1.59 bits per heavy atom. The molecule has 3 N–H and O–H groups in total. The first-order valence-electron chi connectivity index (χ1n) is 6.70. The summed E-state index contributed by atoms with van der Waals surface area (Å²) in [6.07, 6.45) is 0. The molecular formula is C16H16BrN3O2. The number of carbonyl (C=O) groups excluding carboxylic acids is 2. The van der Waals surface area contributed by atoms with E-state index in [1.54, 1.807) is 24.3 Å². The summed E-state index contributed by atoms with van der Waals surface area (Å²) >= 11 is 3.38. The first kappa shape index (κ1) is 16.0. The molecule has 0 bridgehead atoms. The summed E-state index contributed by atoms with van der Waals surface area (Å²) in [5.74, 6) is -0.258. The van der Waals surface area contributed by atoms with Crippen LogP contribution in [0.4, 0.5) is 17.1 Å². The van der Waals surface area contributed by atoms with E-state index in [1.807, 2.05) is 24.3 Å². The Balaban J connectivity index is 1.86. The van der Waals surface area contributed by atoms with Crippen molar-refractivity contribution in [2.75, 3.05) is 22.5 Å². The van der Waals surface area contributed by atoms with Crippen molar-refractivity contribution < 1.29 is 9.59 Å².